The Labute approximate surface area is 84.7 Å². The van der Waals surface area contributed by atoms with E-state index in [9.17, 15) is 4.79 Å². The van der Waals surface area contributed by atoms with Crippen LogP contribution in [0.5, 0.6) is 0 Å². The number of amides is 1. The Hall–Kier alpha value is -0.870. The van der Waals surface area contributed by atoms with Crippen LogP contribution in [-0.4, -0.2) is 37.7 Å². The summed E-state index contributed by atoms with van der Waals surface area (Å²) in [7, 11) is 1.62. The lowest BCUT2D eigenvalue weighted by atomic mass is 10.0. The molecule has 80 valence electrons. The lowest BCUT2D eigenvalue weighted by molar-refractivity contribution is -0.116. The van der Waals surface area contributed by atoms with Crippen LogP contribution in [0.25, 0.3) is 0 Å². The molecule has 1 rings (SSSR count). The van der Waals surface area contributed by atoms with Gasteiger partial charge in [0, 0.05) is 18.7 Å². The molecule has 2 N–H and O–H groups in total. The monoisotopic (exact) mass is 198 g/mol. The lowest BCUT2D eigenvalue weighted by Crippen LogP contribution is -2.54. The highest BCUT2D eigenvalue weighted by molar-refractivity contribution is 5.87. The van der Waals surface area contributed by atoms with Crippen LogP contribution in [0.2, 0.25) is 0 Å². The zero-order valence-corrected chi connectivity index (χ0v) is 8.96. The predicted molar refractivity (Wildman–Crippen MR) is 55.0 cm³/mol. The first kappa shape index (κ1) is 11.2. The normalized spacial score (nSPS) is 18.2. The maximum absolute atomic E-state index is 11.0. The van der Waals surface area contributed by atoms with Gasteiger partial charge in [-0.3, -0.25) is 4.79 Å². The maximum atomic E-state index is 11.0. The second-order valence-corrected chi connectivity index (χ2v) is 4.05. The van der Waals surface area contributed by atoms with E-state index in [0.717, 1.165) is 13.2 Å². The van der Waals surface area contributed by atoms with Crippen LogP contribution in [0, 0.1) is 0 Å². The molecule has 0 atom stereocenters. The number of nitrogens with one attached hydrogen (secondary N) is 2. The van der Waals surface area contributed by atoms with E-state index in [0.29, 0.717) is 6.04 Å². The first-order valence-corrected chi connectivity index (χ1v) is 4.80. The summed E-state index contributed by atoms with van der Waals surface area (Å²) in [6, 6.07) is 0.416. The molecule has 0 spiro atoms. The van der Waals surface area contributed by atoms with Gasteiger partial charge in [-0.1, -0.05) is 6.08 Å². The van der Waals surface area contributed by atoms with Gasteiger partial charge >= 0.3 is 0 Å². The fourth-order valence-corrected chi connectivity index (χ4v) is 1.26. The molecule has 4 nitrogen and oxygen atoms in total. The molecule has 14 heavy (non-hydrogen) atoms. The van der Waals surface area contributed by atoms with E-state index in [1.807, 2.05) is 19.9 Å². The molecule has 1 fully saturated rings. The Bertz CT molecular complexity index is 232. The smallest absolute Gasteiger partial charge is 0.243 e. The van der Waals surface area contributed by atoms with Gasteiger partial charge in [0.1, 0.15) is 0 Å². The number of hydrogen-bond acceptors (Lipinski definition) is 3. The third-order valence-electron chi connectivity index (χ3n) is 2.11. The molecule has 1 aliphatic heterocycles. The standard InChI is InChI=1S/C10H18N2O2/c1-10(2,5-4-9(13)11-3)12-8-6-14-7-8/h4-5,8,12H,6-7H2,1-3H3,(H,11,13). The average Bonchev–Trinajstić information content (AvgIpc) is 2.08. The molecule has 1 amide bonds. The van der Waals surface area contributed by atoms with Crippen molar-refractivity contribution in [2.24, 2.45) is 0 Å². The Kier molecular flexibility index (Phi) is 3.66. The molecular weight excluding hydrogens is 180 g/mol. The van der Waals surface area contributed by atoms with Crippen molar-refractivity contribution in [3.05, 3.63) is 12.2 Å². The third kappa shape index (κ3) is 3.47. The van der Waals surface area contributed by atoms with Crippen molar-refractivity contribution in [2.45, 2.75) is 25.4 Å². The molecule has 0 unspecified atom stereocenters. The summed E-state index contributed by atoms with van der Waals surface area (Å²) in [6.07, 6.45) is 3.41. The summed E-state index contributed by atoms with van der Waals surface area (Å²) < 4.78 is 5.06. The van der Waals surface area contributed by atoms with Gasteiger partial charge in [-0.25, -0.2) is 0 Å². The molecule has 1 saturated heterocycles. The minimum Gasteiger partial charge on any atom is -0.378 e. The topological polar surface area (TPSA) is 50.4 Å². The second-order valence-electron chi connectivity index (χ2n) is 4.05. The minimum absolute atomic E-state index is 0.0789. The molecule has 1 aliphatic rings. The molecular formula is C10H18N2O2. The van der Waals surface area contributed by atoms with Crippen molar-refractivity contribution in [2.75, 3.05) is 20.3 Å². The summed E-state index contributed by atoms with van der Waals surface area (Å²) in [6.45, 7) is 5.59. The SMILES string of the molecule is CNC(=O)C=CC(C)(C)NC1COC1. The molecule has 0 aromatic carbocycles. The molecule has 0 saturated carbocycles. The number of rotatable bonds is 4. The van der Waals surface area contributed by atoms with Crippen LogP contribution < -0.4 is 10.6 Å². The molecule has 0 aliphatic carbocycles. The van der Waals surface area contributed by atoms with Crippen LogP contribution in [-0.2, 0) is 9.53 Å². The molecule has 0 aromatic heterocycles. The third-order valence-corrected chi connectivity index (χ3v) is 2.11. The summed E-state index contributed by atoms with van der Waals surface area (Å²) >= 11 is 0. The highest BCUT2D eigenvalue weighted by Gasteiger charge is 2.24. The Morgan fingerprint density at radius 2 is 2.14 bits per heavy atom. The van der Waals surface area contributed by atoms with Crippen LogP contribution in [0.3, 0.4) is 0 Å². The van der Waals surface area contributed by atoms with Crippen LogP contribution >= 0.6 is 0 Å². The van der Waals surface area contributed by atoms with Crippen molar-refractivity contribution in [3.8, 4) is 0 Å². The van der Waals surface area contributed by atoms with E-state index >= 15 is 0 Å². The zero-order valence-electron chi connectivity index (χ0n) is 8.96. The molecule has 1 heterocycles. The number of carbonyl (C=O) groups excluding carboxylic acids is 1. The fourth-order valence-electron chi connectivity index (χ4n) is 1.26. The van der Waals surface area contributed by atoms with Crippen molar-refractivity contribution in [1.29, 1.82) is 0 Å². The van der Waals surface area contributed by atoms with Crippen molar-refractivity contribution < 1.29 is 9.53 Å². The number of ether oxygens (including phenoxy) is 1. The minimum atomic E-state index is -0.166. The quantitative estimate of drug-likeness (QED) is 0.628. The lowest BCUT2D eigenvalue weighted by Gasteiger charge is -2.34. The van der Waals surface area contributed by atoms with Crippen molar-refractivity contribution >= 4 is 5.91 Å². The first-order chi connectivity index (χ1) is 6.53. The molecule has 4 heteroatoms. The number of likely N-dealkylation sites (N-methyl/N-ethyl adjacent to an activating group) is 1. The Balaban J connectivity index is 2.38. The van der Waals surface area contributed by atoms with Gasteiger partial charge in [0.2, 0.25) is 5.91 Å². The van der Waals surface area contributed by atoms with E-state index in [1.165, 1.54) is 0 Å². The van der Waals surface area contributed by atoms with Crippen molar-refractivity contribution in [1.82, 2.24) is 10.6 Å². The Morgan fingerprint density at radius 1 is 1.50 bits per heavy atom. The predicted octanol–water partition coefficient (Wildman–Crippen LogP) is 0.0556. The van der Waals surface area contributed by atoms with Crippen molar-refractivity contribution in [3.63, 3.8) is 0 Å². The van der Waals surface area contributed by atoms with E-state index in [1.54, 1.807) is 13.1 Å². The second kappa shape index (κ2) is 4.57. The fraction of sp³-hybridized carbons (Fsp3) is 0.700. The maximum Gasteiger partial charge on any atom is 0.243 e. The average molecular weight is 198 g/mol. The number of hydrogen-bond donors (Lipinski definition) is 2. The summed E-state index contributed by atoms with van der Waals surface area (Å²) in [4.78, 5) is 11.0. The van der Waals surface area contributed by atoms with E-state index in [2.05, 4.69) is 10.6 Å². The molecule has 0 radical (unpaired) electrons. The van der Waals surface area contributed by atoms with Gasteiger partial charge in [0.05, 0.1) is 19.3 Å². The Morgan fingerprint density at radius 3 is 2.57 bits per heavy atom. The van der Waals surface area contributed by atoms with Gasteiger partial charge in [0.15, 0.2) is 0 Å². The number of carbonyl (C=O) groups is 1. The van der Waals surface area contributed by atoms with E-state index in [-0.39, 0.29) is 11.4 Å². The van der Waals surface area contributed by atoms with Crippen LogP contribution in [0.1, 0.15) is 13.8 Å². The highest BCUT2D eigenvalue weighted by atomic mass is 16.5. The summed E-state index contributed by atoms with van der Waals surface area (Å²) in [5.74, 6) is -0.0789. The van der Waals surface area contributed by atoms with Gasteiger partial charge in [-0.2, -0.15) is 0 Å². The van der Waals surface area contributed by atoms with Gasteiger partial charge < -0.3 is 15.4 Å². The van der Waals surface area contributed by atoms with Crippen LogP contribution in [0.15, 0.2) is 12.2 Å². The molecule has 0 bridgehead atoms. The van der Waals surface area contributed by atoms with Gasteiger partial charge in [-0.15, -0.1) is 0 Å². The van der Waals surface area contributed by atoms with E-state index < -0.39 is 0 Å². The van der Waals surface area contributed by atoms with Gasteiger partial charge in [0.25, 0.3) is 0 Å². The zero-order chi connectivity index (χ0) is 10.6. The van der Waals surface area contributed by atoms with Crippen LogP contribution in [0.4, 0.5) is 0 Å². The largest absolute Gasteiger partial charge is 0.378 e. The molecule has 0 aromatic rings. The van der Waals surface area contributed by atoms with Gasteiger partial charge in [-0.05, 0) is 13.8 Å². The van der Waals surface area contributed by atoms with E-state index in [4.69, 9.17) is 4.74 Å². The first-order valence-electron chi connectivity index (χ1n) is 4.80. The summed E-state index contributed by atoms with van der Waals surface area (Å²) in [5, 5.41) is 5.92. The highest BCUT2D eigenvalue weighted by Crippen LogP contribution is 2.10. The summed E-state index contributed by atoms with van der Waals surface area (Å²) in [5.41, 5.74) is -0.166.